The largest absolute Gasteiger partial charge is 0.368 e. The van der Waals surface area contributed by atoms with Crippen molar-refractivity contribution in [3.05, 3.63) is 17.6 Å². The maximum atomic E-state index is 13.1. The first-order valence-electron chi connectivity index (χ1n) is 10.5. The second kappa shape index (κ2) is 8.45. The van der Waals surface area contributed by atoms with Crippen molar-refractivity contribution in [3.63, 3.8) is 0 Å². The summed E-state index contributed by atoms with van der Waals surface area (Å²) in [6.45, 7) is 9.47. The van der Waals surface area contributed by atoms with Gasteiger partial charge >= 0.3 is 0 Å². The molecule has 0 unspecified atom stereocenters. The van der Waals surface area contributed by atoms with Crippen molar-refractivity contribution in [2.75, 3.05) is 25.0 Å². The van der Waals surface area contributed by atoms with E-state index in [0.29, 0.717) is 24.7 Å². The molecule has 2 amide bonds. The lowest BCUT2D eigenvalue weighted by atomic mass is 9.89. The maximum absolute atomic E-state index is 13.1. The highest BCUT2D eigenvalue weighted by Crippen LogP contribution is 2.26. The topological polar surface area (TPSA) is 87.2 Å². The van der Waals surface area contributed by atoms with E-state index in [1.807, 2.05) is 0 Å². The molecule has 7 nitrogen and oxygen atoms in total. The van der Waals surface area contributed by atoms with Crippen LogP contribution >= 0.6 is 0 Å². The lowest BCUT2D eigenvalue weighted by molar-refractivity contribution is -0.133. The molecule has 1 saturated heterocycles. The van der Waals surface area contributed by atoms with E-state index in [0.717, 1.165) is 18.1 Å². The second-order valence-electron chi connectivity index (χ2n) is 8.80. The van der Waals surface area contributed by atoms with Crippen LogP contribution in [0.15, 0.2) is 6.20 Å². The van der Waals surface area contributed by atoms with E-state index >= 15 is 0 Å². The van der Waals surface area contributed by atoms with Crippen molar-refractivity contribution in [2.24, 2.45) is 5.92 Å². The third-order valence-electron chi connectivity index (χ3n) is 5.94. The smallest absolute Gasteiger partial charge is 0.275 e. The predicted octanol–water partition coefficient (Wildman–Crippen LogP) is 2.94. The number of aromatic nitrogens is 2. The molecule has 1 aromatic rings. The van der Waals surface area contributed by atoms with Crippen molar-refractivity contribution in [1.82, 2.24) is 20.2 Å². The SMILES string of the molecule is CC(C)c1nc(C(=O)N2CCNC(=O)C2(C)C)cnc1NCC1CCCCC1. The molecule has 2 fully saturated rings. The summed E-state index contributed by atoms with van der Waals surface area (Å²) in [7, 11) is 0. The second-order valence-corrected chi connectivity index (χ2v) is 8.80. The van der Waals surface area contributed by atoms with E-state index in [1.165, 1.54) is 32.1 Å². The average Bonchev–Trinajstić information content (AvgIpc) is 2.68. The van der Waals surface area contributed by atoms with Crippen molar-refractivity contribution in [3.8, 4) is 0 Å². The Morgan fingerprint density at radius 1 is 1.32 bits per heavy atom. The van der Waals surface area contributed by atoms with Crippen LogP contribution in [0.25, 0.3) is 0 Å². The van der Waals surface area contributed by atoms with Crippen LogP contribution in [0.5, 0.6) is 0 Å². The van der Waals surface area contributed by atoms with Crippen molar-refractivity contribution in [1.29, 1.82) is 0 Å². The number of nitrogens with zero attached hydrogens (tertiary/aromatic N) is 3. The van der Waals surface area contributed by atoms with Crippen LogP contribution in [0.2, 0.25) is 0 Å². The normalized spacial score (nSPS) is 20.2. The van der Waals surface area contributed by atoms with E-state index in [9.17, 15) is 9.59 Å². The molecule has 2 N–H and O–H groups in total. The number of rotatable bonds is 5. The molecule has 1 aliphatic heterocycles. The summed E-state index contributed by atoms with van der Waals surface area (Å²) >= 11 is 0. The molecule has 0 bridgehead atoms. The summed E-state index contributed by atoms with van der Waals surface area (Å²) in [5, 5.41) is 6.29. The summed E-state index contributed by atoms with van der Waals surface area (Å²) in [6, 6.07) is 0. The van der Waals surface area contributed by atoms with Gasteiger partial charge in [-0.3, -0.25) is 9.59 Å². The number of hydrogen-bond donors (Lipinski definition) is 2. The number of nitrogens with one attached hydrogen (secondary N) is 2. The van der Waals surface area contributed by atoms with Gasteiger partial charge in [-0.05, 0) is 38.5 Å². The first-order valence-corrected chi connectivity index (χ1v) is 10.5. The summed E-state index contributed by atoms with van der Waals surface area (Å²) in [6.07, 6.45) is 8.03. The number of carbonyl (C=O) groups is 2. The highest BCUT2D eigenvalue weighted by atomic mass is 16.2. The zero-order valence-corrected chi connectivity index (χ0v) is 17.5. The highest BCUT2D eigenvalue weighted by molar-refractivity contribution is 5.98. The Labute approximate surface area is 167 Å². The van der Waals surface area contributed by atoms with E-state index in [-0.39, 0.29) is 17.7 Å². The number of piperazine rings is 1. The lowest BCUT2D eigenvalue weighted by Gasteiger charge is -2.40. The van der Waals surface area contributed by atoms with E-state index < -0.39 is 5.54 Å². The average molecular weight is 388 g/mol. The lowest BCUT2D eigenvalue weighted by Crippen LogP contribution is -2.63. The molecule has 0 atom stereocenters. The predicted molar refractivity (Wildman–Crippen MR) is 109 cm³/mol. The molecule has 1 aliphatic carbocycles. The van der Waals surface area contributed by atoms with Gasteiger partial charge in [-0.1, -0.05) is 33.1 Å². The summed E-state index contributed by atoms with van der Waals surface area (Å²) in [4.78, 5) is 36.0. The van der Waals surface area contributed by atoms with Gasteiger partial charge in [0.25, 0.3) is 5.91 Å². The van der Waals surface area contributed by atoms with E-state index in [4.69, 9.17) is 0 Å². The molecule has 0 aromatic carbocycles. The monoisotopic (exact) mass is 387 g/mol. The van der Waals surface area contributed by atoms with Gasteiger partial charge in [0.2, 0.25) is 5.91 Å². The molecule has 7 heteroatoms. The minimum atomic E-state index is -0.896. The van der Waals surface area contributed by atoms with Gasteiger partial charge in [-0.2, -0.15) is 0 Å². The molecular weight excluding hydrogens is 354 g/mol. The Morgan fingerprint density at radius 2 is 2.04 bits per heavy atom. The van der Waals surface area contributed by atoms with E-state index in [2.05, 4.69) is 34.4 Å². The van der Waals surface area contributed by atoms with Crippen LogP contribution < -0.4 is 10.6 Å². The Kier molecular flexibility index (Phi) is 6.20. The standard InChI is InChI=1S/C21H33N5O2/c1-14(2)17-18(23-12-15-8-6-5-7-9-15)24-13-16(25-17)19(27)26-11-10-22-20(28)21(26,3)4/h13-15H,5-12H2,1-4H3,(H,22,28)(H,23,24). The van der Waals surface area contributed by atoms with E-state index in [1.54, 1.807) is 24.9 Å². The Hall–Kier alpha value is -2.18. The van der Waals surface area contributed by atoms with Gasteiger partial charge in [-0.15, -0.1) is 0 Å². The minimum absolute atomic E-state index is 0.144. The fourth-order valence-corrected chi connectivity index (χ4v) is 4.07. The van der Waals surface area contributed by atoms with Crippen LogP contribution in [0.3, 0.4) is 0 Å². The first kappa shape index (κ1) is 20.6. The van der Waals surface area contributed by atoms with Crippen LogP contribution in [0, 0.1) is 5.92 Å². The van der Waals surface area contributed by atoms with Gasteiger partial charge in [0.1, 0.15) is 17.1 Å². The minimum Gasteiger partial charge on any atom is -0.368 e. The molecule has 154 valence electrons. The van der Waals surface area contributed by atoms with Crippen LogP contribution in [0.4, 0.5) is 5.82 Å². The molecule has 3 rings (SSSR count). The molecule has 0 spiro atoms. The van der Waals surface area contributed by atoms with Gasteiger partial charge in [-0.25, -0.2) is 9.97 Å². The number of hydrogen-bond acceptors (Lipinski definition) is 5. The molecule has 1 saturated carbocycles. The Bertz CT molecular complexity index is 726. The zero-order valence-electron chi connectivity index (χ0n) is 17.5. The Morgan fingerprint density at radius 3 is 2.71 bits per heavy atom. The van der Waals surface area contributed by atoms with Gasteiger partial charge in [0, 0.05) is 19.6 Å². The van der Waals surface area contributed by atoms with Crippen molar-refractivity contribution >= 4 is 17.6 Å². The first-order chi connectivity index (χ1) is 13.3. The van der Waals surface area contributed by atoms with Gasteiger partial charge in [0.05, 0.1) is 11.9 Å². The molecular formula is C21H33N5O2. The van der Waals surface area contributed by atoms with Crippen LogP contribution in [-0.4, -0.2) is 51.9 Å². The van der Waals surface area contributed by atoms with Crippen LogP contribution in [-0.2, 0) is 4.79 Å². The number of anilines is 1. The summed E-state index contributed by atoms with van der Waals surface area (Å²) < 4.78 is 0. The highest BCUT2D eigenvalue weighted by Gasteiger charge is 2.41. The van der Waals surface area contributed by atoms with Gasteiger partial charge < -0.3 is 15.5 Å². The van der Waals surface area contributed by atoms with Gasteiger partial charge in [0.15, 0.2) is 0 Å². The van der Waals surface area contributed by atoms with Crippen molar-refractivity contribution < 1.29 is 9.59 Å². The molecule has 0 radical (unpaired) electrons. The third kappa shape index (κ3) is 4.28. The molecule has 2 aliphatic rings. The third-order valence-corrected chi connectivity index (χ3v) is 5.94. The fraction of sp³-hybridized carbons (Fsp3) is 0.714. The van der Waals surface area contributed by atoms with Crippen molar-refractivity contribution in [2.45, 2.75) is 71.3 Å². The summed E-state index contributed by atoms with van der Waals surface area (Å²) in [5.74, 6) is 1.21. The van der Waals surface area contributed by atoms with Crippen LogP contribution in [0.1, 0.15) is 81.9 Å². The number of amides is 2. The fourth-order valence-electron chi connectivity index (χ4n) is 4.07. The zero-order chi connectivity index (χ0) is 20.3. The molecule has 2 heterocycles. The Balaban J connectivity index is 1.78. The molecule has 1 aromatic heterocycles. The number of carbonyl (C=O) groups excluding carboxylic acids is 2. The quantitative estimate of drug-likeness (QED) is 0.811. The maximum Gasteiger partial charge on any atom is 0.275 e. The molecule has 28 heavy (non-hydrogen) atoms. The summed E-state index contributed by atoms with van der Waals surface area (Å²) in [5.41, 5.74) is 0.211.